The number of carbonyl (C=O) groups is 2. The lowest BCUT2D eigenvalue weighted by Gasteiger charge is -2.44. The molecule has 2 aliphatic heterocycles. The van der Waals surface area contributed by atoms with Crippen LogP contribution in [0.3, 0.4) is 0 Å². The Labute approximate surface area is 160 Å². The molecule has 1 saturated heterocycles. The molecule has 144 valence electrons. The van der Waals surface area contributed by atoms with Gasteiger partial charge in [0.2, 0.25) is 5.91 Å². The molecule has 1 aromatic rings. The monoisotopic (exact) mass is 368 g/mol. The van der Waals surface area contributed by atoms with Gasteiger partial charge in [0.25, 0.3) is 0 Å². The summed E-state index contributed by atoms with van der Waals surface area (Å²) < 4.78 is 0. The Hall–Kier alpha value is -2.50. The fourth-order valence-electron chi connectivity index (χ4n) is 4.33. The Bertz CT molecular complexity index is 765. The van der Waals surface area contributed by atoms with Gasteiger partial charge in [-0.25, -0.2) is 4.79 Å². The van der Waals surface area contributed by atoms with Crippen LogP contribution in [0.2, 0.25) is 0 Å². The van der Waals surface area contributed by atoms with Gasteiger partial charge in [-0.1, -0.05) is 23.8 Å². The van der Waals surface area contributed by atoms with Crippen LogP contribution >= 0.6 is 0 Å². The number of para-hydroxylation sites is 2. The van der Waals surface area contributed by atoms with E-state index in [9.17, 15) is 9.59 Å². The quantitative estimate of drug-likeness (QED) is 0.700. The fraction of sp³-hybridized carbons (Fsp3) is 0.524. The first-order valence-corrected chi connectivity index (χ1v) is 10.0. The van der Waals surface area contributed by atoms with Crippen LogP contribution in [0.15, 0.2) is 35.9 Å². The average molecular weight is 368 g/mol. The summed E-state index contributed by atoms with van der Waals surface area (Å²) in [6, 6.07) is 7.80. The van der Waals surface area contributed by atoms with Gasteiger partial charge >= 0.3 is 6.03 Å². The van der Waals surface area contributed by atoms with E-state index in [1.54, 1.807) is 0 Å². The number of urea groups is 1. The van der Waals surface area contributed by atoms with Crippen molar-refractivity contribution in [3.8, 4) is 0 Å². The molecule has 1 aliphatic carbocycles. The van der Waals surface area contributed by atoms with Crippen molar-refractivity contribution in [2.24, 2.45) is 0 Å². The standard InChI is InChI=1S/C21H28N4O2/c1-15(16-7-3-2-4-8-16)22-20(27)25-13-11-21(12-14-25)19(26)23-17-9-5-6-10-18(17)24-21/h5-7,9-10,15,24H,2-4,8,11-14H2,1H3,(H,22,27)(H,23,26)/t15-/m0/s1. The summed E-state index contributed by atoms with van der Waals surface area (Å²) >= 11 is 0. The minimum atomic E-state index is -0.622. The minimum Gasteiger partial charge on any atom is -0.369 e. The topological polar surface area (TPSA) is 73.5 Å². The van der Waals surface area contributed by atoms with Gasteiger partial charge in [-0.15, -0.1) is 0 Å². The molecule has 0 saturated carbocycles. The Kier molecular flexibility index (Phi) is 4.81. The molecule has 4 rings (SSSR count). The number of hydrogen-bond donors (Lipinski definition) is 3. The first kappa shape index (κ1) is 17.9. The maximum atomic E-state index is 12.7. The molecule has 6 nitrogen and oxygen atoms in total. The molecule has 3 N–H and O–H groups in total. The van der Waals surface area contributed by atoms with Crippen molar-refractivity contribution in [3.63, 3.8) is 0 Å². The second kappa shape index (κ2) is 7.25. The van der Waals surface area contributed by atoms with E-state index >= 15 is 0 Å². The summed E-state index contributed by atoms with van der Waals surface area (Å²) in [5, 5.41) is 9.58. The van der Waals surface area contributed by atoms with Crippen LogP contribution in [-0.4, -0.2) is 41.5 Å². The fourth-order valence-corrected chi connectivity index (χ4v) is 4.33. The molecular formula is C21H28N4O2. The van der Waals surface area contributed by atoms with Crippen molar-refractivity contribution in [3.05, 3.63) is 35.9 Å². The number of likely N-dealkylation sites (tertiary alicyclic amines) is 1. The summed E-state index contributed by atoms with van der Waals surface area (Å²) in [6.07, 6.45) is 8.14. The van der Waals surface area contributed by atoms with Gasteiger partial charge in [-0.2, -0.15) is 0 Å². The Morgan fingerprint density at radius 2 is 1.93 bits per heavy atom. The molecule has 2 heterocycles. The van der Waals surface area contributed by atoms with Crippen LogP contribution < -0.4 is 16.0 Å². The first-order chi connectivity index (χ1) is 13.1. The second-order valence-electron chi connectivity index (χ2n) is 7.89. The third kappa shape index (κ3) is 3.53. The average Bonchev–Trinajstić information content (AvgIpc) is 2.70. The van der Waals surface area contributed by atoms with E-state index in [1.165, 1.54) is 18.4 Å². The largest absolute Gasteiger partial charge is 0.369 e. The number of anilines is 2. The summed E-state index contributed by atoms with van der Waals surface area (Å²) in [4.78, 5) is 27.2. The van der Waals surface area contributed by atoms with E-state index in [0.717, 1.165) is 24.2 Å². The zero-order chi connectivity index (χ0) is 18.9. The number of fused-ring (bicyclic) bond motifs is 1. The normalized spacial score (nSPS) is 22.2. The molecule has 0 bridgehead atoms. The third-order valence-corrected chi connectivity index (χ3v) is 6.11. The van der Waals surface area contributed by atoms with E-state index in [4.69, 9.17) is 0 Å². The molecule has 0 aromatic heterocycles. The minimum absolute atomic E-state index is 0.00184. The Morgan fingerprint density at radius 3 is 2.63 bits per heavy atom. The van der Waals surface area contributed by atoms with Gasteiger partial charge in [0.15, 0.2) is 0 Å². The number of nitrogens with one attached hydrogen (secondary N) is 3. The van der Waals surface area contributed by atoms with Crippen LogP contribution in [0.25, 0.3) is 0 Å². The number of piperidine rings is 1. The van der Waals surface area contributed by atoms with Crippen molar-refractivity contribution in [2.75, 3.05) is 23.7 Å². The zero-order valence-electron chi connectivity index (χ0n) is 15.9. The third-order valence-electron chi connectivity index (χ3n) is 6.11. The van der Waals surface area contributed by atoms with Crippen molar-refractivity contribution in [1.82, 2.24) is 10.2 Å². The number of nitrogens with zero attached hydrogens (tertiary/aromatic N) is 1. The summed E-state index contributed by atoms with van der Waals surface area (Å²) in [7, 11) is 0. The second-order valence-corrected chi connectivity index (χ2v) is 7.89. The van der Waals surface area contributed by atoms with Crippen molar-refractivity contribution >= 4 is 23.3 Å². The van der Waals surface area contributed by atoms with E-state index in [-0.39, 0.29) is 18.0 Å². The van der Waals surface area contributed by atoms with Crippen LogP contribution in [-0.2, 0) is 4.79 Å². The van der Waals surface area contributed by atoms with Gasteiger partial charge in [-0.3, -0.25) is 4.79 Å². The highest BCUT2D eigenvalue weighted by molar-refractivity contribution is 6.06. The maximum absolute atomic E-state index is 12.7. The number of carbonyl (C=O) groups excluding carboxylic acids is 2. The number of benzene rings is 1. The van der Waals surface area contributed by atoms with Gasteiger partial charge in [0.1, 0.15) is 5.54 Å². The molecule has 6 heteroatoms. The highest BCUT2D eigenvalue weighted by Crippen LogP contribution is 2.36. The molecule has 27 heavy (non-hydrogen) atoms. The molecule has 0 radical (unpaired) electrons. The molecular weight excluding hydrogens is 340 g/mol. The van der Waals surface area contributed by atoms with Gasteiger partial charge in [-0.05, 0) is 57.6 Å². The highest BCUT2D eigenvalue weighted by Gasteiger charge is 2.45. The lowest BCUT2D eigenvalue weighted by molar-refractivity contribution is -0.121. The predicted molar refractivity (Wildman–Crippen MR) is 107 cm³/mol. The highest BCUT2D eigenvalue weighted by atomic mass is 16.2. The number of hydrogen-bond acceptors (Lipinski definition) is 3. The summed E-state index contributed by atoms with van der Waals surface area (Å²) in [6.45, 7) is 3.20. The smallest absolute Gasteiger partial charge is 0.317 e. The van der Waals surface area contributed by atoms with E-state index < -0.39 is 5.54 Å². The van der Waals surface area contributed by atoms with Crippen molar-refractivity contribution < 1.29 is 9.59 Å². The van der Waals surface area contributed by atoms with Gasteiger partial charge in [0.05, 0.1) is 11.4 Å². The van der Waals surface area contributed by atoms with Crippen molar-refractivity contribution in [1.29, 1.82) is 0 Å². The zero-order valence-corrected chi connectivity index (χ0v) is 15.9. The number of amides is 3. The lowest BCUT2D eigenvalue weighted by Crippen LogP contribution is -2.60. The SMILES string of the molecule is C[C@H](NC(=O)N1CCC2(CC1)Nc1ccccc1NC2=O)C1=CCCCC1. The van der Waals surface area contributed by atoms with E-state index in [1.807, 2.05) is 29.2 Å². The summed E-state index contributed by atoms with van der Waals surface area (Å²) in [5.74, 6) is 0.00184. The molecule has 0 unspecified atom stereocenters. The molecule has 1 atom stereocenters. The van der Waals surface area contributed by atoms with E-state index in [0.29, 0.717) is 25.9 Å². The van der Waals surface area contributed by atoms with Gasteiger partial charge in [0, 0.05) is 19.1 Å². The molecule has 1 aromatic carbocycles. The van der Waals surface area contributed by atoms with Crippen LogP contribution in [0.5, 0.6) is 0 Å². The molecule has 3 amide bonds. The molecule has 3 aliphatic rings. The summed E-state index contributed by atoms with van der Waals surface area (Å²) in [5.41, 5.74) is 2.49. The number of rotatable bonds is 2. The Balaban J connectivity index is 1.36. The van der Waals surface area contributed by atoms with Crippen LogP contribution in [0.1, 0.15) is 45.4 Å². The first-order valence-electron chi connectivity index (χ1n) is 10.0. The van der Waals surface area contributed by atoms with Crippen molar-refractivity contribution in [2.45, 2.75) is 57.0 Å². The Morgan fingerprint density at radius 1 is 1.19 bits per heavy atom. The molecule has 1 spiro atoms. The van der Waals surface area contributed by atoms with Crippen LogP contribution in [0, 0.1) is 0 Å². The number of allylic oxidation sites excluding steroid dienone is 1. The predicted octanol–water partition coefficient (Wildman–Crippen LogP) is 3.48. The maximum Gasteiger partial charge on any atom is 0.317 e. The van der Waals surface area contributed by atoms with E-state index in [2.05, 4.69) is 29.0 Å². The molecule has 1 fully saturated rings. The van der Waals surface area contributed by atoms with Crippen LogP contribution in [0.4, 0.5) is 16.2 Å². The lowest BCUT2D eigenvalue weighted by atomic mass is 9.84. The van der Waals surface area contributed by atoms with Gasteiger partial charge < -0.3 is 20.9 Å².